The molecule has 0 aliphatic rings. The van der Waals surface area contributed by atoms with E-state index in [1.54, 1.807) is 18.0 Å². The van der Waals surface area contributed by atoms with Crippen LogP contribution in [0, 0.1) is 0 Å². The van der Waals surface area contributed by atoms with E-state index < -0.39 is 0 Å². The minimum Gasteiger partial charge on any atom is -0.488 e. The Balaban J connectivity index is 1.47. The van der Waals surface area contributed by atoms with Crippen molar-refractivity contribution in [1.29, 1.82) is 0 Å². The molecular weight excluding hydrogens is 448 g/mol. The molecule has 29 heavy (non-hydrogen) atoms. The van der Waals surface area contributed by atoms with Gasteiger partial charge in [0.05, 0.1) is 12.0 Å². The third-order valence-electron chi connectivity index (χ3n) is 4.00. The quantitative estimate of drug-likeness (QED) is 0.337. The number of ether oxygens (including phenoxy) is 1. The first kappa shape index (κ1) is 21.1. The van der Waals surface area contributed by atoms with E-state index in [0.717, 1.165) is 27.1 Å². The number of nitrogens with one attached hydrogen (secondary N) is 1. The number of benzene rings is 3. The third kappa shape index (κ3) is 7.07. The Kier molecular flexibility index (Phi) is 8.34. The van der Waals surface area contributed by atoms with Crippen molar-refractivity contribution in [2.24, 2.45) is 5.10 Å². The number of nitrogens with zero attached hydrogens (tertiary/aromatic N) is 1. The number of para-hydroxylation sites is 1. The number of carbonyl (C=O) groups excluding carboxylic acids is 1. The number of amides is 1. The van der Waals surface area contributed by atoms with Gasteiger partial charge in [0.1, 0.15) is 12.4 Å². The average molecular weight is 469 g/mol. The molecule has 148 valence electrons. The molecule has 0 aromatic heterocycles. The number of hydrazone groups is 1. The smallest absolute Gasteiger partial charge is 0.250 e. The second kappa shape index (κ2) is 11.4. The normalized spacial score (nSPS) is 10.8. The predicted molar refractivity (Wildman–Crippen MR) is 123 cm³/mol. The summed E-state index contributed by atoms with van der Waals surface area (Å²) < 4.78 is 6.95. The maximum Gasteiger partial charge on any atom is 0.250 e. The molecule has 4 nitrogen and oxygen atoms in total. The fourth-order valence-corrected chi connectivity index (χ4v) is 3.96. The standard InChI is InChI=1S/C23H21BrN2O2S/c24-21-12-6-4-11-20(21)16-29-17-23(27)26-25-14-19-10-5-7-13-22(19)28-15-18-8-2-1-3-9-18/h1-14H,15-17H2,(H,26,27)/b25-14+. The molecule has 0 unspecified atom stereocenters. The minimum absolute atomic E-state index is 0.138. The first-order valence-electron chi connectivity index (χ1n) is 9.11. The second-order valence-corrected chi connectivity index (χ2v) is 8.03. The SMILES string of the molecule is O=C(CSCc1ccccc1Br)N/N=C/c1ccccc1OCc1ccccc1. The predicted octanol–water partition coefficient (Wildman–Crippen LogP) is 5.41. The molecule has 0 heterocycles. The van der Waals surface area contributed by atoms with E-state index in [4.69, 9.17) is 4.74 Å². The van der Waals surface area contributed by atoms with Crippen molar-refractivity contribution >= 4 is 39.8 Å². The second-order valence-electron chi connectivity index (χ2n) is 6.19. The molecule has 0 radical (unpaired) electrons. The minimum atomic E-state index is -0.138. The molecule has 0 aliphatic heterocycles. The largest absolute Gasteiger partial charge is 0.488 e. The van der Waals surface area contributed by atoms with Crippen LogP contribution in [0.1, 0.15) is 16.7 Å². The molecule has 3 aromatic rings. The highest BCUT2D eigenvalue weighted by atomic mass is 79.9. The summed E-state index contributed by atoms with van der Waals surface area (Å²) in [5.41, 5.74) is 5.64. The van der Waals surface area contributed by atoms with Crippen LogP contribution in [0.3, 0.4) is 0 Å². The number of hydrogen-bond acceptors (Lipinski definition) is 4. The maximum atomic E-state index is 12.0. The Hall–Kier alpha value is -2.57. The molecule has 0 aliphatic carbocycles. The lowest BCUT2D eigenvalue weighted by molar-refractivity contribution is -0.118. The lowest BCUT2D eigenvalue weighted by atomic mass is 10.2. The van der Waals surface area contributed by atoms with E-state index in [0.29, 0.717) is 12.4 Å². The van der Waals surface area contributed by atoms with Gasteiger partial charge in [0, 0.05) is 15.8 Å². The topological polar surface area (TPSA) is 50.7 Å². The van der Waals surface area contributed by atoms with Gasteiger partial charge >= 0.3 is 0 Å². The molecule has 0 saturated heterocycles. The highest BCUT2D eigenvalue weighted by Crippen LogP contribution is 2.21. The monoisotopic (exact) mass is 468 g/mol. The van der Waals surface area contributed by atoms with Gasteiger partial charge < -0.3 is 4.74 Å². The molecule has 0 atom stereocenters. The molecule has 0 bridgehead atoms. The zero-order chi connectivity index (χ0) is 20.3. The van der Waals surface area contributed by atoms with Crippen molar-refractivity contribution < 1.29 is 9.53 Å². The van der Waals surface area contributed by atoms with Crippen molar-refractivity contribution in [2.75, 3.05) is 5.75 Å². The Morgan fingerprint density at radius 1 is 1.00 bits per heavy atom. The molecule has 3 rings (SSSR count). The van der Waals surface area contributed by atoms with Crippen LogP contribution in [-0.4, -0.2) is 17.9 Å². The Labute approximate surface area is 183 Å². The van der Waals surface area contributed by atoms with Gasteiger partial charge in [-0.15, -0.1) is 11.8 Å². The van der Waals surface area contributed by atoms with Crippen LogP contribution >= 0.6 is 27.7 Å². The summed E-state index contributed by atoms with van der Waals surface area (Å²) in [5.74, 6) is 1.68. The van der Waals surface area contributed by atoms with Crippen LogP contribution in [0.5, 0.6) is 5.75 Å². The molecule has 6 heteroatoms. The van der Waals surface area contributed by atoms with Crippen molar-refractivity contribution in [2.45, 2.75) is 12.4 Å². The fraction of sp³-hybridized carbons (Fsp3) is 0.130. The first-order chi connectivity index (χ1) is 14.2. The Bertz CT molecular complexity index is 964. The van der Waals surface area contributed by atoms with Crippen LogP contribution in [0.15, 0.2) is 88.4 Å². The number of hydrogen-bond donors (Lipinski definition) is 1. The number of thioether (sulfide) groups is 1. The van der Waals surface area contributed by atoms with E-state index in [2.05, 4.69) is 26.5 Å². The molecule has 0 fully saturated rings. The van der Waals surface area contributed by atoms with Crippen LogP contribution in [0.2, 0.25) is 0 Å². The Morgan fingerprint density at radius 2 is 1.72 bits per heavy atom. The van der Waals surface area contributed by atoms with Gasteiger partial charge in [0.25, 0.3) is 0 Å². The van der Waals surface area contributed by atoms with Crippen LogP contribution in [0.4, 0.5) is 0 Å². The molecule has 1 N–H and O–H groups in total. The highest BCUT2D eigenvalue weighted by Gasteiger charge is 2.04. The van der Waals surface area contributed by atoms with Gasteiger partial charge in [-0.1, -0.05) is 76.6 Å². The summed E-state index contributed by atoms with van der Waals surface area (Å²) in [4.78, 5) is 12.0. The molecular formula is C23H21BrN2O2S. The van der Waals surface area contributed by atoms with Crippen LogP contribution < -0.4 is 10.2 Å². The fourth-order valence-electron chi connectivity index (χ4n) is 2.53. The van der Waals surface area contributed by atoms with E-state index in [-0.39, 0.29) is 5.91 Å². The van der Waals surface area contributed by atoms with Crippen molar-refractivity contribution in [3.8, 4) is 5.75 Å². The Morgan fingerprint density at radius 3 is 2.55 bits per heavy atom. The van der Waals surface area contributed by atoms with Gasteiger partial charge in [-0.2, -0.15) is 5.10 Å². The lowest BCUT2D eigenvalue weighted by Gasteiger charge is -2.09. The van der Waals surface area contributed by atoms with Crippen molar-refractivity contribution in [1.82, 2.24) is 5.43 Å². The summed E-state index contributed by atoms with van der Waals surface area (Å²) in [6, 6.07) is 25.6. The van der Waals surface area contributed by atoms with E-state index in [9.17, 15) is 4.79 Å². The zero-order valence-corrected chi connectivity index (χ0v) is 18.2. The highest BCUT2D eigenvalue weighted by molar-refractivity contribution is 9.10. The zero-order valence-electron chi connectivity index (χ0n) is 15.8. The third-order valence-corrected chi connectivity index (χ3v) is 5.75. The van der Waals surface area contributed by atoms with E-state index >= 15 is 0 Å². The lowest BCUT2D eigenvalue weighted by Crippen LogP contribution is -2.19. The summed E-state index contributed by atoms with van der Waals surface area (Å²) in [5, 5.41) is 4.07. The molecule has 0 saturated carbocycles. The van der Waals surface area contributed by atoms with Crippen molar-refractivity contribution in [3.05, 3.63) is 100 Å². The molecule has 3 aromatic carbocycles. The van der Waals surface area contributed by atoms with Gasteiger partial charge in [0.2, 0.25) is 5.91 Å². The van der Waals surface area contributed by atoms with Crippen molar-refractivity contribution in [3.63, 3.8) is 0 Å². The van der Waals surface area contributed by atoms with Crippen LogP contribution in [0.25, 0.3) is 0 Å². The first-order valence-corrected chi connectivity index (χ1v) is 11.1. The van der Waals surface area contributed by atoms with Gasteiger partial charge in [0.15, 0.2) is 0 Å². The number of halogens is 1. The number of rotatable bonds is 9. The van der Waals surface area contributed by atoms with E-state index in [1.807, 2.05) is 78.9 Å². The van der Waals surface area contributed by atoms with E-state index in [1.165, 1.54) is 5.56 Å². The van der Waals surface area contributed by atoms with Gasteiger partial charge in [-0.3, -0.25) is 4.79 Å². The van der Waals surface area contributed by atoms with Crippen LogP contribution in [-0.2, 0) is 17.2 Å². The summed E-state index contributed by atoms with van der Waals surface area (Å²) >= 11 is 5.06. The molecule has 0 spiro atoms. The maximum absolute atomic E-state index is 12.0. The number of carbonyl (C=O) groups is 1. The average Bonchev–Trinajstić information content (AvgIpc) is 2.75. The summed E-state index contributed by atoms with van der Waals surface area (Å²) in [6.07, 6.45) is 1.61. The summed E-state index contributed by atoms with van der Waals surface area (Å²) in [7, 11) is 0. The summed E-state index contributed by atoms with van der Waals surface area (Å²) in [6.45, 7) is 0.476. The molecule has 1 amide bonds. The van der Waals surface area contributed by atoms with Gasteiger partial charge in [-0.05, 0) is 29.3 Å². The van der Waals surface area contributed by atoms with Gasteiger partial charge in [-0.25, -0.2) is 5.43 Å².